The highest BCUT2D eigenvalue weighted by molar-refractivity contribution is 5.16. The first-order chi connectivity index (χ1) is 9.20. The summed E-state index contributed by atoms with van der Waals surface area (Å²) in [6.45, 7) is 1.75. The van der Waals surface area contributed by atoms with Gasteiger partial charge >= 0.3 is 0 Å². The number of rotatable bonds is 7. The molecule has 1 atom stereocenters. The third-order valence-electron chi connectivity index (χ3n) is 3.97. The Hall–Kier alpha value is -1.44. The van der Waals surface area contributed by atoms with Crippen molar-refractivity contribution in [2.24, 2.45) is 5.92 Å². The fourth-order valence-electron chi connectivity index (χ4n) is 2.55. The summed E-state index contributed by atoms with van der Waals surface area (Å²) in [5.41, 5.74) is 0.924. The lowest BCUT2D eigenvalue weighted by molar-refractivity contribution is 0.239. The van der Waals surface area contributed by atoms with Crippen LogP contribution in [0.4, 0.5) is 0 Å². The Bertz CT molecular complexity index is 435. The maximum absolute atomic E-state index is 9.47. The molecule has 0 spiro atoms. The molecule has 0 aromatic carbocycles. The van der Waals surface area contributed by atoms with Crippen LogP contribution in [0.1, 0.15) is 18.4 Å². The largest absolute Gasteiger partial charge is 0.303 e. The number of hydrogen-bond donors (Lipinski definition) is 1. The maximum atomic E-state index is 9.47. The highest BCUT2D eigenvalue weighted by Crippen LogP contribution is 2.39. The van der Waals surface area contributed by atoms with Crippen molar-refractivity contribution in [3.8, 4) is 6.07 Å². The predicted molar refractivity (Wildman–Crippen MR) is 75.6 cm³/mol. The number of nitriles is 1. The first-order valence-corrected chi connectivity index (χ1v) is 6.88. The van der Waals surface area contributed by atoms with Gasteiger partial charge in [-0.25, -0.2) is 0 Å². The summed E-state index contributed by atoms with van der Waals surface area (Å²) < 4.78 is 0. The molecule has 1 N–H and O–H groups in total. The van der Waals surface area contributed by atoms with Crippen LogP contribution in [0.15, 0.2) is 24.5 Å². The number of pyridine rings is 1. The van der Waals surface area contributed by atoms with Crippen LogP contribution < -0.4 is 5.32 Å². The van der Waals surface area contributed by atoms with E-state index in [-0.39, 0.29) is 5.54 Å². The lowest BCUT2D eigenvalue weighted by atomic mass is 9.94. The summed E-state index contributed by atoms with van der Waals surface area (Å²) in [4.78, 5) is 6.27. The SMILES string of the molecule is CNC(C#N)(CN(C)CCc1ccncc1)C1CC1. The number of aromatic nitrogens is 1. The van der Waals surface area contributed by atoms with Gasteiger partial charge in [0.25, 0.3) is 0 Å². The monoisotopic (exact) mass is 258 g/mol. The smallest absolute Gasteiger partial charge is 0.122 e. The zero-order chi connectivity index (χ0) is 13.7. The Kier molecular flexibility index (Phi) is 4.52. The van der Waals surface area contributed by atoms with Gasteiger partial charge in [0.05, 0.1) is 6.07 Å². The third kappa shape index (κ3) is 3.52. The van der Waals surface area contributed by atoms with E-state index < -0.39 is 0 Å². The predicted octanol–water partition coefficient (Wildman–Crippen LogP) is 1.45. The number of hydrogen-bond acceptors (Lipinski definition) is 4. The van der Waals surface area contributed by atoms with E-state index in [0.29, 0.717) is 5.92 Å². The molecule has 1 unspecified atom stereocenters. The van der Waals surface area contributed by atoms with Gasteiger partial charge in [-0.05, 0) is 57.0 Å². The van der Waals surface area contributed by atoms with Gasteiger partial charge in [0.15, 0.2) is 0 Å². The Morgan fingerprint density at radius 3 is 2.68 bits per heavy atom. The number of nitrogens with zero attached hydrogens (tertiary/aromatic N) is 3. The zero-order valence-corrected chi connectivity index (χ0v) is 11.8. The van der Waals surface area contributed by atoms with E-state index in [0.717, 1.165) is 19.5 Å². The van der Waals surface area contributed by atoms with E-state index in [1.807, 2.05) is 31.6 Å². The molecular weight excluding hydrogens is 236 g/mol. The molecule has 4 heteroatoms. The summed E-state index contributed by atoms with van der Waals surface area (Å²) in [5.74, 6) is 0.519. The maximum Gasteiger partial charge on any atom is 0.122 e. The van der Waals surface area contributed by atoms with Gasteiger partial charge in [-0.15, -0.1) is 0 Å². The highest BCUT2D eigenvalue weighted by atomic mass is 15.1. The number of nitrogens with one attached hydrogen (secondary N) is 1. The van der Waals surface area contributed by atoms with Crippen molar-refractivity contribution in [2.75, 3.05) is 27.2 Å². The van der Waals surface area contributed by atoms with Gasteiger partial charge in [-0.2, -0.15) is 5.26 Å². The molecule has 0 bridgehead atoms. The van der Waals surface area contributed by atoms with Crippen LogP contribution >= 0.6 is 0 Å². The van der Waals surface area contributed by atoms with E-state index in [2.05, 4.69) is 28.3 Å². The molecule has 1 aliphatic rings. The van der Waals surface area contributed by atoms with Crippen LogP contribution in [0.25, 0.3) is 0 Å². The minimum atomic E-state index is -0.368. The summed E-state index contributed by atoms with van der Waals surface area (Å²) in [5, 5.41) is 12.7. The quantitative estimate of drug-likeness (QED) is 0.804. The van der Waals surface area contributed by atoms with Crippen LogP contribution in [0.5, 0.6) is 0 Å². The Morgan fingerprint density at radius 2 is 2.16 bits per heavy atom. The van der Waals surface area contributed by atoms with Crippen LogP contribution in [0.2, 0.25) is 0 Å². The van der Waals surface area contributed by atoms with Crippen LogP contribution in [0.3, 0.4) is 0 Å². The second kappa shape index (κ2) is 6.14. The summed E-state index contributed by atoms with van der Waals surface area (Å²) in [6, 6.07) is 6.59. The molecule has 1 fully saturated rings. The molecule has 4 nitrogen and oxygen atoms in total. The molecule has 1 heterocycles. The average molecular weight is 258 g/mol. The molecule has 1 aliphatic carbocycles. The molecule has 0 aliphatic heterocycles. The Balaban J connectivity index is 1.86. The van der Waals surface area contributed by atoms with Crippen molar-refractivity contribution in [1.82, 2.24) is 15.2 Å². The molecule has 1 aromatic heterocycles. The van der Waals surface area contributed by atoms with Gasteiger partial charge in [0.2, 0.25) is 0 Å². The van der Waals surface area contributed by atoms with Gasteiger partial charge < -0.3 is 10.2 Å². The average Bonchev–Trinajstić information content (AvgIpc) is 3.29. The summed E-state index contributed by atoms with van der Waals surface area (Å²) in [6.07, 6.45) is 6.99. The molecule has 102 valence electrons. The van der Waals surface area contributed by atoms with Crippen molar-refractivity contribution in [3.63, 3.8) is 0 Å². The zero-order valence-electron chi connectivity index (χ0n) is 11.8. The van der Waals surface area contributed by atoms with Crippen molar-refractivity contribution in [2.45, 2.75) is 24.8 Å². The second-order valence-electron chi connectivity index (χ2n) is 5.45. The van der Waals surface area contributed by atoms with Crippen LogP contribution in [-0.2, 0) is 6.42 Å². The Morgan fingerprint density at radius 1 is 1.47 bits per heavy atom. The van der Waals surface area contributed by atoms with E-state index in [9.17, 15) is 5.26 Å². The summed E-state index contributed by atoms with van der Waals surface area (Å²) in [7, 11) is 3.99. The van der Waals surface area contributed by atoms with Gasteiger partial charge in [0, 0.05) is 25.5 Å². The minimum Gasteiger partial charge on any atom is -0.303 e. The van der Waals surface area contributed by atoms with Crippen molar-refractivity contribution in [3.05, 3.63) is 30.1 Å². The third-order valence-corrected chi connectivity index (χ3v) is 3.97. The fourth-order valence-corrected chi connectivity index (χ4v) is 2.55. The molecule has 1 aromatic rings. The van der Waals surface area contributed by atoms with Crippen LogP contribution in [-0.4, -0.2) is 42.6 Å². The second-order valence-corrected chi connectivity index (χ2v) is 5.45. The molecule has 1 saturated carbocycles. The first kappa shape index (κ1) is 14.0. The van der Waals surface area contributed by atoms with Gasteiger partial charge in [-0.1, -0.05) is 0 Å². The van der Waals surface area contributed by atoms with E-state index >= 15 is 0 Å². The molecule has 0 radical (unpaired) electrons. The standard InChI is InChI=1S/C15H22N4/c1-17-15(11-16,14-3-4-14)12-19(2)10-7-13-5-8-18-9-6-13/h5-6,8-9,14,17H,3-4,7,10,12H2,1-2H3. The van der Waals surface area contributed by atoms with Crippen molar-refractivity contribution < 1.29 is 0 Å². The molecule has 19 heavy (non-hydrogen) atoms. The fraction of sp³-hybridized carbons (Fsp3) is 0.600. The minimum absolute atomic E-state index is 0.368. The summed E-state index contributed by atoms with van der Waals surface area (Å²) >= 11 is 0. The molecular formula is C15H22N4. The van der Waals surface area contributed by atoms with Crippen molar-refractivity contribution >= 4 is 0 Å². The van der Waals surface area contributed by atoms with E-state index in [1.54, 1.807) is 0 Å². The molecule has 0 saturated heterocycles. The van der Waals surface area contributed by atoms with Gasteiger partial charge in [-0.3, -0.25) is 4.98 Å². The lowest BCUT2D eigenvalue weighted by Gasteiger charge is -2.31. The highest BCUT2D eigenvalue weighted by Gasteiger charge is 2.45. The Labute approximate surface area is 115 Å². The topological polar surface area (TPSA) is 52.0 Å². The molecule has 2 rings (SSSR count). The van der Waals surface area contributed by atoms with E-state index in [4.69, 9.17) is 0 Å². The molecule has 0 amide bonds. The van der Waals surface area contributed by atoms with E-state index in [1.165, 1.54) is 18.4 Å². The lowest BCUT2D eigenvalue weighted by Crippen LogP contribution is -2.52. The van der Waals surface area contributed by atoms with Crippen molar-refractivity contribution in [1.29, 1.82) is 5.26 Å². The number of likely N-dealkylation sites (N-methyl/N-ethyl adjacent to an activating group) is 2. The van der Waals surface area contributed by atoms with Crippen LogP contribution in [0, 0.1) is 17.2 Å². The first-order valence-electron chi connectivity index (χ1n) is 6.88. The normalized spacial score (nSPS) is 18.0. The van der Waals surface area contributed by atoms with Gasteiger partial charge in [0.1, 0.15) is 5.54 Å².